The van der Waals surface area contributed by atoms with E-state index < -0.39 is 14.1 Å². The molecule has 2 fully saturated rings. The van der Waals surface area contributed by atoms with Crippen LogP contribution in [-0.2, 0) is 13.9 Å². The van der Waals surface area contributed by atoms with Crippen LogP contribution in [0.1, 0.15) is 64.6 Å². The van der Waals surface area contributed by atoms with Gasteiger partial charge in [0.2, 0.25) is 0 Å². The average Bonchev–Trinajstić information content (AvgIpc) is 3.29. The Morgan fingerprint density at radius 1 is 1.00 bits per heavy atom. The molecule has 0 radical (unpaired) electrons. The number of hydrogen-bond acceptors (Lipinski definition) is 5. The third-order valence-corrected chi connectivity index (χ3v) is 12.7. The minimum absolute atomic E-state index is 0.00265. The molecule has 0 bridgehead atoms. The predicted molar refractivity (Wildman–Crippen MR) is 147 cm³/mol. The van der Waals surface area contributed by atoms with E-state index in [1.807, 2.05) is 13.8 Å². The van der Waals surface area contributed by atoms with Gasteiger partial charge in [-0.15, -0.1) is 0 Å². The first kappa shape index (κ1) is 27.5. The maximum Gasteiger partial charge on any atom is 0.192 e. The number of ether oxygens (including phenoxy) is 2. The van der Waals surface area contributed by atoms with Crippen molar-refractivity contribution in [1.82, 2.24) is 4.90 Å². The summed E-state index contributed by atoms with van der Waals surface area (Å²) in [6.07, 6.45) is 1.29. The maximum atomic E-state index is 9.80. The lowest BCUT2D eigenvalue weighted by Gasteiger charge is -2.45. The van der Waals surface area contributed by atoms with Crippen LogP contribution in [0.15, 0.2) is 60.7 Å². The maximum absolute atomic E-state index is 9.80. The number of likely N-dealkylation sites (tertiary alicyclic amines) is 1. The summed E-state index contributed by atoms with van der Waals surface area (Å²) in [7, 11) is -2.09. The molecule has 198 valence electrons. The molecule has 0 saturated carbocycles. The predicted octanol–water partition coefficient (Wildman–Crippen LogP) is 6.14. The zero-order valence-electron chi connectivity index (χ0n) is 23.1. The van der Waals surface area contributed by atoms with Crippen LogP contribution in [0.2, 0.25) is 18.1 Å². The number of fused-ring (bicyclic) bond motifs is 1. The van der Waals surface area contributed by atoms with Crippen LogP contribution in [0, 0.1) is 0 Å². The van der Waals surface area contributed by atoms with E-state index in [4.69, 9.17) is 13.9 Å². The molecule has 0 aliphatic carbocycles. The van der Waals surface area contributed by atoms with Crippen molar-refractivity contribution in [2.75, 3.05) is 13.2 Å². The van der Waals surface area contributed by atoms with Gasteiger partial charge >= 0.3 is 0 Å². The Bertz CT molecular complexity index is 936. The summed E-state index contributed by atoms with van der Waals surface area (Å²) < 4.78 is 20.2. The number of benzene rings is 2. The summed E-state index contributed by atoms with van der Waals surface area (Å²) in [5.74, 6) is -0.618. The number of rotatable bonds is 9. The highest BCUT2D eigenvalue weighted by atomic mass is 28.4. The Balaban J connectivity index is 1.80. The second-order valence-corrected chi connectivity index (χ2v) is 17.1. The molecule has 0 unspecified atom stereocenters. The molecule has 2 saturated heterocycles. The van der Waals surface area contributed by atoms with E-state index in [2.05, 4.69) is 99.4 Å². The lowest BCUT2D eigenvalue weighted by molar-refractivity contribution is -0.168. The molecule has 0 aromatic heterocycles. The first-order valence-corrected chi connectivity index (χ1v) is 16.3. The first-order chi connectivity index (χ1) is 16.9. The van der Waals surface area contributed by atoms with Crippen molar-refractivity contribution < 1.29 is 19.0 Å². The van der Waals surface area contributed by atoms with Gasteiger partial charge in [0.05, 0.1) is 18.2 Å². The minimum Gasteiger partial charge on any atom is -0.412 e. The standard InChI is InChI=1S/C30H45NO4Si/c1-29(2,3)36(6,7)35-24(19-14-20-32)27-28-25(33-30(4,5)34-28)21-31(27)26(22-15-10-8-11-16-22)23-17-12-9-13-18-23/h8-13,15-18,24-28,32H,14,19-21H2,1-7H3/t24-,25+,27-,28+/m1/s1. The lowest BCUT2D eigenvalue weighted by atomic mass is 9.94. The van der Waals surface area contributed by atoms with Gasteiger partial charge in [0.1, 0.15) is 12.2 Å². The summed E-state index contributed by atoms with van der Waals surface area (Å²) in [6.45, 7) is 16.4. The molecule has 2 aromatic rings. The normalized spacial score (nSPS) is 25.3. The molecule has 0 amide bonds. The van der Waals surface area contributed by atoms with Gasteiger partial charge in [-0.05, 0) is 55.9 Å². The van der Waals surface area contributed by atoms with Crippen LogP contribution < -0.4 is 0 Å². The summed E-state index contributed by atoms with van der Waals surface area (Å²) in [4.78, 5) is 2.56. The largest absolute Gasteiger partial charge is 0.412 e. The molecule has 0 spiro atoms. The van der Waals surface area contributed by atoms with Crippen molar-refractivity contribution in [2.45, 2.75) is 102 Å². The molecule has 6 heteroatoms. The van der Waals surface area contributed by atoms with E-state index in [1.165, 1.54) is 11.1 Å². The van der Waals surface area contributed by atoms with E-state index in [1.54, 1.807) is 0 Å². The number of nitrogens with zero attached hydrogens (tertiary/aromatic N) is 1. The highest BCUT2D eigenvalue weighted by molar-refractivity contribution is 6.74. The molecule has 4 atom stereocenters. The fourth-order valence-electron chi connectivity index (χ4n) is 5.51. The Morgan fingerprint density at radius 2 is 1.56 bits per heavy atom. The highest BCUT2D eigenvalue weighted by Gasteiger charge is 2.57. The van der Waals surface area contributed by atoms with Crippen LogP contribution in [0.5, 0.6) is 0 Å². The average molecular weight is 512 g/mol. The first-order valence-electron chi connectivity index (χ1n) is 13.4. The van der Waals surface area contributed by atoms with E-state index in [0.717, 1.165) is 13.0 Å². The Hall–Kier alpha value is -1.54. The molecule has 2 aliphatic rings. The van der Waals surface area contributed by atoms with Gasteiger partial charge in [-0.2, -0.15) is 0 Å². The summed E-state index contributed by atoms with van der Waals surface area (Å²) in [5.41, 5.74) is 2.50. The highest BCUT2D eigenvalue weighted by Crippen LogP contribution is 2.46. The van der Waals surface area contributed by atoms with Crippen molar-refractivity contribution in [3.05, 3.63) is 71.8 Å². The Kier molecular flexibility index (Phi) is 8.15. The molecule has 2 heterocycles. The van der Waals surface area contributed by atoms with Crippen LogP contribution in [-0.4, -0.2) is 61.6 Å². The van der Waals surface area contributed by atoms with Gasteiger partial charge in [0, 0.05) is 13.2 Å². The van der Waals surface area contributed by atoms with Crippen molar-refractivity contribution in [1.29, 1.82) is 0 Å². The molecule has 4 rings (SSSR count). The van der Waals surface area contributed by atoms with Crippen LogP contribution in [0.3, 0.4) is 0 Å². The van der Waals surface area contributed by atoms with Crippen LogP contribution in [0.25, 0.3) is 0 Å². The van der Waals surface area contributed by atoms with Gasteiger partial charge in [0.15, 0.2) is 14.1 Å². The summed E-state index contributed by atoms with van der Waals surface area (Å²) in [6, 6.07) is 21.5. The zero-order chi connectivity index (χ0) is 26.1. The molecule has 2 aliphatic heterocycles. The Labute approximate surface area is 218 Å². The molecule has 1 N–H and O–H groups in total. The van der Waals surface area contributed by atoms with Gasteiger partial charge in [-0.25, -0.2) is 0 Å². The van der Waals surface area contributed by atoms with E-state index >= 15 is 0 Å². The fourth-order valence-corrected chi connectivity index (χ4v) is 6.88. The number of aliphatic hydroxyl groups is 1. The van der Waals surface area contributed by atoms with Crippen molar-refractivity contribution in [2.24, 2.45) is 0 Å². The second kappa shape index (κ2) is 10.7. The third-order valence-electron chi connectivity index (χ3n) is 8.17. The molecule has 2 aromatic carbocycles. The quantitative estimate of drug-likeness (QED) is 0.410. The van der Waals surface area contributed by atoms with E-state index in [9.17, 15) is 5.11 Å². The third kappa shape index (κ3) is 5.79. The lowest BCUT2D eigenvalue weighted by Crippen LogP contribution is -2.54. The van der Waals surface area contributed by atoms with Gasteiger partial charge in [0.25, 0.3) is 0 Å². The van der Waals surface area contributed by atoms with Gasteiger partial charge < -0.3 is 19.0 Å². The van der Waals surface area contributed by atoms with Gasteiger partial charge in [-0.1, -0.05) is 81.4 Å². The zero-order valence-corrected chi connectivity index (χ0v) is 24.1. The number of aliphatic hydroxyl groups excluding tert-OH is 1. The smallest absolute Gasteiger partial charge is 0.192 e. The SMILES string of the molecule is CC1(C)O[C@@H]2[C@@H]([C@@H](CCCO)O[Si](C)(C)C(C)(C)C)N(C(c3ccccc3)c3ccccc3)C[C@@H]2O1. The fraction of sp³-hybridized carbons (Fsp3) is 0.600. The van der Waals surface area contributed by atoms with Crippen molar-refractivity contribution >= 4 is 8.32 Å². The van der Waals surface area contributed by atoms with E-state index in [-0.39, 0.29) is 42.0 Å². The second-order valence-electron chi connectivity index (χ2n) is 12.3. The van der Waals surface area contributed by atoms with Crippen LogP contribution >= 0.6 is 0 Å². The monoisotopic (exact) mass is 511 g/mol. The van der Waals surface area contributed by atoms with Gasteiger partial charge in [-0.3, -0.25) is 4.90 Å². The van der Waals surface area contributed by atoms with E-state index in [0.29, 0.717) is 6.42 Å². The molecule has 5 nitrogen and oxygen atoms in total. The molecule has 36 heavy (non-hydrogen) atoms. The summed E-state index contributed by atoms with van der Waals surface area (Å²) >= 11 is 0. The topological polar surface area (TPSA) is 51.2 Å². The Morgan fingerprint density at radius 3 is 2.06 bits per heavy atom. The van der Waals surface area contributed by atoms with Crippen molar-refractivity contribution in [3.63, 3.8) is 0 Å². The summed E-state index contributed by atoms with van der Waals surface area (Å²) in [5, 5.41) is 9.89. The molecular weight excluding hydrogens is 466 g/mol. The minimum atomic E-state index is -2.09. The van der Waals surface area contributed by atoms with Crippen LogP contribution in [0.4, 0.5) is 0 Å². The van der Waals surface area contributed by atoms with Crippen molar-refractivity contribution in [3.8, 4) is 0 Å². The molecular formula is C30H45NO4Si. The number of hydrogen-bond donors (Lipinski definition) is 1.